The first-order valence-corrected chi connectivity index (χ1v) is 8.44. The highest BCUT2D eigenvalue weighted by Crippen LogP contribution is 2.11. The molecule has 1 rings (SSSR count). The van der Waals surface area contributed by atoms with E-state index in [4.69, 9.17) is 10.6 Å². The highest BCUT2D eigenvalue weighted by atomic mass is 16.6. The minimum Gasteiger partial charge on any atom is -0.393 e. The van der Waals surface area contributed by atoms with Crippen molar-refractivity contribution in [3.8, 4) is 0 Å². The number of rotatable bonds is 9. The lowest BCUT2D eigenvalue weighted by molar-refractivity contribution is -0.123. The lowest BCUT2D eigenvalue weighted by atomic mass is 9.96. The van der Waals surface area contributed by atoms with E-state index < -0.39 is 6.04 Å². The van der Waals surface area contributed by atoms with Gasteiger partial charge in [0, 0.05) is 5.92 Å². The van der Waals surface area contributed by atoms with Gasteiger partial charge in [-0.05, 0) is 37.8 Å². The number of nitrogens with zero attached hydrogens (tertiary/aromatic N) is 1. The average molecular weight is 318 g/mol. The van der Waals surface area contributed by atoms with Crippen LogP contribution in [0.1, 0.15) is 58.6 Å². The summed E-state index contributed by atoms with van der Waals surface area (Å²) < 4.78 is 0. The number of nitrogens with two attached hydrogens (primary N) is 1. The minimum absolute atomic E-state index is 0.0269. The van der Waals surface area contributed by atoms with Crippen LogP contribution in [0.2, 0.25) is 0 Å². The van der Waals surface area contributed by atoms with Gasteiger partial charge in [-0.2, -0.15) is 0 Å². The third-order valence-electron chi connectivity index (χ3n) is 3.83. The maximum absolute atomic E-state index is 11.9. The quantitative estimate of drug-likeness (QED) is 0.557. The number of benzene rings is 1. The van der Waals surface area contributed by atoms with E-state index in [0.717, 1.165) is 29.7 Å². The van der Waals surface area contributed by atoms with Crippen molar-refractivity contribution in [2.75, 3.05) is 0 Å². The third-order valence-corrected chi connectivity index (χ3v) is 3.83. The van der Waals surface area contributed by atoms with Gasteiger partial charge in [0.05, 0.1) is 11.8 Å². The number of oxime groups is 1. The van der Waals surface area contributed by atoms with E-state index in [1.165, 1.54) is 0 Å². The van der Waals surface area contributed by atoms with Gasteiger partial charge in [-0.15, -0.1) is 0 Å². The Hall–Kier alpha value is -1.68. The van der Waals surface area contributed by atoms with Gasteiger partial charge < -0.3 is 10.6 Å². The van der Waals surface area contributed by atoms with Gasteiger partial charge in [-0.3, -0.25) is 4.79 Å². The van der Waals surface area contributed by atoms with Crippen LogP contribution in [-0.4, -0.2) is 23.6 Å². The molecule has 0 fully saturated rings. The van der Waals surface area contributed by atoms with Gasteiger partial charge in [0.1, 0.15) is 6.10 Å². The van der Waals surface area contributed by atoms with Crippen LogP contribution < -0.4 is 5.73 Å². The Bertz CT molecular complexity index is 521. The molecule has 0 heterocycles. The molecule has 2 unspecified atom stereocenters. The molecule has 0 spiro atoms. The van der Waals surface area contributed by atoms with Crippen LogP contribution in [0, 0.1) is 5.92 Å². The van der Waals surface area contributed by atoms with Crippen molar-refractivity contribution in [3.63, 3.8) is 0 Å². The second-order valence-electron chi connectivity index (χ2n) is 6.45. The normalized spacial score (nSPS) is 14.7. The summed E-state index contributed by atoms with van der Waals surface area (Å²) in [4.78, 5) is 17.3. The summed E-state index contributed by atoms with van der Waals surface area (Å²) in [7, 11) is 0. The SMILES string of the molecule is CCCC(C)O/N=C(/C)c1ccc(CC(N)C(=O)C(C)C)cc1. The molecule has 1 aromatic rings. The topological polar surface area (TPSA) is 64.7 Å². The zero-order valence-corrected chi connectivity index (χ0v) is 15.0. The van der Waals surface area contributed by atoms with E-state index in [9.17, 15) is 4.79 Å². The number of carbonyl (C=O) groups excluding carboxylic acids is 1. The van der Waals surface area contributed by atoms with E-state index in [1.54, 1.807) is 0 Å². The van der Waals surface area contributed by atoms with E-state index in [2.05, 4.69) is 12.1 Å². The standard InChI is InChI=1S/C19H30N2O2/c1-6-7-14(4)23-21-15(5)17-10-8-16(9-11-17)12-18(20)19(22)13(2)3/h8-11,13-14,18H,6-7,12,20H2,1-5H3/b21-15-. The first kappa shape index (κ1) is 19.4. The fraction of sp³-hybridized carbons (Fsp3) is 0.579. The summed E-state index contributed by atoms with van der Waals surface area (Å²) in [5.41, 5.74) is 8.89. The lowest BCUT2D eigenvalue weighted by Crippen LogP contribution is -2.35. The van der Waals surface area contributed by atoms with Crippen LogP contribution in [0.15, 0.2) is 29.4 Å². The lowest BCUT2D eigenvalue weighted by Gasteiger charge is -2.13. The van der Waals surface area contributed by atoms with E-state index in [0.29, 0.717) is 6.42 Å². The molecule has 0 aliphatic carbocycles. The fourth-order valence-corrected chi connectivity index (χ4v) is 2.35. The van der Waals surface area contributed by atoms with Crippen molar-refractivity contribution in [2.24, 2.45) is 16.8 Å². The summed E-state index contributed by atoms with van der Waals surface area (Å²) >= 11 is 0. The summed E-state index contributed by atoms with van der Waals surface area (Å²) in [6.45, 7) is 9.84. The highest BCUT2D eigenvalue weighted by molar-refractivity contribution is 5.98. The molecule has 0 amide bonds. The number of ketones is 1. The zero-order valence-electron chi connectivity index (χ0n) is 15.0. The summed E-state index contributed by atoms with van der Waals surface area (Å²) in [6.07, 6.45) is 2.78. The van der Waals surface area contributed by atoms with Crippen LogP contribution in [0.4, 0.5) is 0 Å². The van der Waals surface area contributed by atoms with Gasteiger partial charge in [-0.25, -0.2) is 0 Å². The molecule has 128 valence electrons. The number of Topliss-reactive ketones (excluding diaryl/α,β-unsaturated/α-hetero) is 1. The monoisotopic (exact) mass is 318 g/mol. The number of carbonyl (C=O) groups is 1. The molecule has 0 aliphatic heterocycles. The molecule has 0 aliphatic rings. The van der Waals surface area contributed by atoms with Crippen molar-refractivity contribution >= 4 is 11.5 Å². The molecule has 4 nitrogen and oxygen atoms in total. The molecular formula is C19H30N2O2. The first-order valence-electron chi connectivity index (χ1n) is 8.44. The Morgan fingerprint density at radius 2 is 1.83 bits per heavy atom. The second kappa shape index (κ2) is 9.46. The van der Waals surface area contributed by atoms with Crippen LogP contribution in [0.5, 0.6) is 0 Å². The predicted molar refractivity (Wildman–Crippen MR) is 95.6 cm³/mol. The van der Waals surface area contributed by atoms with Crippen LogP contribution in [0.25, 0.3) is 0 Å². The molecule has 0 saturated heterocycles. The maximum Gasteiger partial charge on any atom is 0.152 e. The largest absolute Gasteiger partial charge is 0.393 e. The number of hydrogen-bond acceptors (Lipinski definition) is 4. The number of hydrogen-bond donors (Lipinski definition) is 1. The molecule has 0 bridgehead atoms. The van der Waals surface area contributed by atoms with E-state index in [-0.39, 0.29) is 17.8 Å². The molecule has 0 saturated carbocycles. The third kappa shape index (κ3) is 6.53. The second-order valence-corrected chi connectivity index (χ2v) is 6.45. The van der Waals surface area contributed by atoms with Crippen molar-refractivity contribution in [1.82, 2.24) is 0 Å². The molecule has 0 radical (unpaired) electrons. The van der Waals surface area contributed by atoms with Crippen LogP contribution >= 0.6 is 0 Å². The fourth-order valence-electron chi connectivity index (χ4n) is 2.35. The molecule has 23 heavy (non-hydrogen) atoms. The van der Waals surface area contributed by atoms with E-state index in [1.807, 2.05) is 52.0 Å². The zero-order chi connectivity index (χ0) is 17.4. The molecule has 1 aromatic carbocycles. The van der Waals surface area contributed by atoms with Crippen molar-refractivity contribution in [1.29, 1.82) is 0 Å². The van der Waals surface area contributed by atoms with Crippen molar-refractivity contribution in [3.05, 3.63) is 35.4 Å². The Balaban J connectivity index is 2.65. The van der Waals surface area contributed by atoms with Gasteiger partial charge in [-0.1, -0.05) is 56.6 Å². The predicted octanol–water partition coefficient (Wildman–Crippen LogP) is 3.71. The Morgan fingerprint density at radius 1 is 1.22 bits per heavy atom. The minimum atomic E-state index is -0.436. The van der Waals surface area contributed by atoms with Gasteiger partial charge >= 0.3 is 0 Å². The van der Waals surface area contributed by atoms with Gasteiger partial charge in [0.15, 0.2) is 5.78 Å². The Kier molecular flexibility index (Phi) is 7.96. The molecule has 2 atom stereocenters. The van der Waals surface area contributed by atoms with Crippen molar-refractivity contribution < 1.29 is 9.63 Å². The molecule has 4 heteroatoms. The van der Waals surface area contributed by atoms with Crippen LogP contribution in [0.3, 0.4) is 0 Å². The maximum atomic E-state index is 11.9. The Labute approximate surface area is 140 Å². The smallest absolute Gasteiger partial charge is 0.152 e. The van der Waals surface area contributed by atoms with Gasteiger partial charge in [0.2, 0.25) is 0 Å². The van der Waals surface area contributed by atoms with E-state index >= 15 is 0 Å². The Morgan fingerprint density at radius 3 is 2.35 bits per heavy atom. The summed E-state index contributed by atoms with van der Waals surface area (Å²) in [5, 5.41) is 4.19. The van der Waals surface area contributed by atoms with Gasteiger partial charge in [0.25, 0.3) is 0 Å². The molecule has 2 N–H and O–H groups in total. The average Bonchev–Trinajstić information content (AvgIpc) is 2.52. The summed E-state index contributed by atoms with van der Waals surface area (Å²) in [6, 6.07) is 7.55. The molecular weight excluding hydrogens is 288 g/mol. The molecule has 0 aromatic heterocycles. The first-order chi connectivity index (χ1) is 10.8. The highest BCUT2D eigenvalue weighted by Gasteiger charge is 2.17. The van der Waals surface area contributed by atoms with Crippen molar-refractivity contribution in [2.45, 2.75) is 66.0 Å². The summed E-state index contributed by atoms with van der Waals surface area (Å²) in [5.74, 6) is 0.0750. The van der Waals surface area contributed by atoms with Crippen LogP contribution in [-0.2, 0) is 16.1 Å².